The summed E-state index contributed by atoms with van der Waals surface area (Å²) in [5.41, 5.74) is 3.10. The van der Waals surface area contributed by atoms with Crippen LogP contribution < -0.4 is 20.2 Å². The number of carbonyl (C=O) groups is 4. The normalized spacial score (nSPS) is 28.2. The molecular weight excluding hydrogens is 633 g/mol. The van der Waals surface area contributed by atoms with Gasteiger partial charge >= 0.3 is 0 Å². The number of nitrogens with one attached hydrogen (secondary N) is 2. The van der Waals surface area contributed by atoms with Crippen molar-refractivity contribution in [2.45, 2.75) is 24.2 Å². The van der Waals surface area contributed by atoms with Crippen LogP contribution in [0.2, 0.25) is 10.0 Å². The lowest BCUT2D eigenvalue weighted by Gasteiger charge is -2.50. The van der Waals surface area contributed by atoms with Crippen LogP contribution in [0.3, 0.4) is 0 Å². The molecule has 46 heavy (non-hydrogen) atoms. The van der Waals surface area contributed by atoms with Crippen molar-refractivity contribution in [2.75, 3.05) is 19.6 Å². The minimum atomic E-state index is -1.62. The third kappa shape index (κ3) is 4.23. The molecule has 7 rings (SSSR count). The molecule has 2 aliphatic carbocycles. The largest absolute Gasteiger partial charge is 0.508 e. The second-order valence-electron chi connectivity index (χ2n) is 12.0. The number of ether oxygens (including phenoxy) is 2. The summed E-state index contributed by atoms with van der Waals surface area (Å²) in [7, 11) is 2.99. The minimum Gasteiger partial charge on any atom is -0.508 e. The molecule has 3 aromatic rings. The number of amides is 4. The van der Waals surface area contributed by atoms with Gasteiger partial charge in [0.25, 0.3) is 11.8 Å². The van der Waals surface area contributed by atoms with Gasteiger partial charge in [0.2, 0.25) is 11.8 Å². The van der Waals surface area contributed by atoms with Crippen molar-refractivity contribution < 1.29 is 33.8 Å². The summed E-state index contributed by atoms with van der Waals surface area (Å²) in [5.74, 6) is -5.09. The molecule has 236 valence electrons. The van der Waals surface area contributed by atoms with Crippen LogP contribution in [0.25, 0.3) is 0 Å². The summed E-state index contributed by atoms with van der Waals surface area (Å²) in [6.45, 7) is 0. The van der Waals surface area contributed by atoms with Crippen molar-refractivity contribution in [3.8, 4) is 17.2 Å². The number of imide groups is 2. The van der Waals surface area contributed by atoms with E-state index in [1.54, 1.807) is 48.5 Å². The van der Waals surface area contributed by atoms with Gasteiger partial charge in [-0.2, -0.15) is 5.01 Å². The van der Waals surface area contributed by atoms with E-state index in [4.69, 9.17) is 32.7 Å². The number of phenolic OH excluding ortho intramolecular Hbond substituents is 1. The zero-order valence-corrected chi connectivity index (χ0v) is 26.3. The lowest BCUT2D eigenvalue weighted by Crippen LogP contribution is -2.53. The maximum Gasteiger partial charge on any atom is 0.260 e. The summed E-state index contributed by atoms with van der Waals surface area (Å²) < 4.78 is 11.2. The van der Waals surface area contributed by atoms with Crippen molar-refractivity contribution in [3.63, 3.8) is 0 Å². The molecule has 6 unspecified atom stereocenters. The van der Waals surface area contributed by atoms with Gasteiger partial charge in [-0.25, -0.2) is 0 Å². The maximum absolute atomic E-state index is 15.2. The summed E-state index contributed by atoms with van der Waals surface area (Å²) >= 11 is 12.6. The van der Waals surface area contributed by atoms with Crippen LogP contribution in [0.5, 0.6) is 17.2 Å². The number of halogens is 2. The van der Waals surface area contributed by atoms with Gasteiger partial charge in [0, 0.05) is 16.5 Å². The fraction of sp³-hybridized carbons (Fsp3) is 0.294. The number of methoxy groups -OCH3 is 2. The molecule has 6 atom stereocenters. The fourth-order valence-electron chi connectivity index (χ4n) is 8.07. The van der Waals surface area contributed by atoms with Gasteiger partial charge in [0.1, 0.15) is 17.2 Å². The Morgan fingerprint density at radius 2 is 1.72 bits per heavy atom. The standard InChI is InChI=1S/C34H29Cl2N3O7/c1-45-18-9-6-16(7-10-18)34-22(32(43)39(33(34)44)38-24-13-8-17(35)14-23(24)36)15-21-19(11-12-20-27(21)31(42)37-30(20)41)29(34)28-25(40)4-3-5-26(28)46-2/h3-11,13-14,20-22,27,29,38,40H,12,15H2,1-2H3,(H,37,41,42). The first-order valence-corrected chi connectivity index (χ1v) is 15.5. The van der Waals surface area contributed by atoms with Crippen LogP contribution in [-0.2, 0) is 24.6 Å². The van der Waals surface area contributed by atoms with Crippen LogP contribution in [0.1, 0.15) is 29.9 Å². The Bertz CT molecular complexity index is 1840. The highest BCUT2D eigenvalue weighted by atomic mass is 35.5. The number of hydrogen-bond acceptors (Lipinski definition) is 8. The van der Waals surface area contributed by atoms with E-state index in [0.29, 0.717) is 33.2 Å². The molecule has 2 aliphatic heterocycles. The monoisotopic (exact) mass is 661 g/mol. The van der Waals surface area contributed by atoms with Gasteiger partial charge in [0.05, 0.1) is 48.1 Å². The summed E-state index contributed by atoms with van der Waals surface area (Å²) in [6, 6.07) is 16.4. The van der Waals surface area contributed by atoms with Crippen LogP contribution in [0, 0.1) is 23.7 Å². The highest BCUT2D eigenvalue weighted by Gasteiger charge is 2.70. The fourth-order valence-corrected chi connectivity index (χ4v) is 8.52. The maximum atomic E-state index is 15.2. The van der Waals surface area contributed by atoms with Gasteiger partial charge in [0.15, 0.2) is 0 Å². The molecule has 12 heteroatoms. The number of allylic oxidation sites excluding steroid dienone is 2. The minimum absolute atomic E-state index is 0.100. The van der Waals surface area contributed by atoms with E-state index in [2.05, 4.69) is 10.7 Å². The Hall–Kier alpha value is -4.54. The second-order valence-corrected chi connectivity index (χ2v) is 12.8. The number of fused-ring (bicyclic) bond motifs is 4. The number of phenols is 1. The SMILES string of the molecule is COc1ccc(C23C(=O)N(Nc4ccc(Cl)cc4Cl)C(=O)C2CC2C(=CCC4C(=O)NC(=O)C42)C3c2c(O)cccc2OC)cc1. The van der Waals surface area contributed by atoms with Crippen molar-refractivity contribution in [2.24, 2.45) is 23.7 Å². The van der Waals surface area contributed by atoms with Gasteiger partial charge < -0.3 is 14.6 Å². The van der Waals surface area contributed by atoms with Crippen LogP contribution in [0.15, 0.2) is 72.3 Å². The van der Waals surface area contributed by atoms with Gasteiger partial charge in [-0.1, -0.05) is 53.1 Å². The number of benzene rings is 3. The first-order valence-electron chi connectivity index (χ1n) is 14.8. The molecule has 2 heterocycles. The van der Waals surface area contributed by atoms with E-state index in [0.717, 1.165) is 5.01 Å². The molecule has 1 saturated carbocycles. The lowest BCUT2D eigenvalue weighted by atomic mass is 9.49. The molecule has 10 nitrogen and oxygen atoms in total. The van der Waals surface area contributed by atoms with E-state index < -0.39 is 52.7 Å². The van der Waals surface area contributed by atoms with Crippen molar-refractivity contribution in [1.82, 2.24) is 10.3 Å². The quantitative estimate of drug-likeness (QED) is 0.249. The molecule has 0 bridgehead atoms. The summed E-state index contributed by atoms with van der Waals surface area (Å²) in [6.07, 6.45) is 2.25. The third-order valence-corrected chi connectivity index (χ3v) is 10.5. The van der Waals surface area contributed by atoms with E-state index in [1.165, 1.54) is 26.4 Å². The highest BCUT2D eigenvalue weighted by Crippen LogP contribution is 2.65. The van der Waals surface area contributed by atoms with Crippen LogP contribution in [-0.4, -0.2) is 48.0 Å². The predicted molar refractivity (Wildman–Crippen MR) is 168 cm³/mol. The third-order valence-electron chi connectivity index (χ3n) is 9.97. The zero-order valence-electron chi connectivity index (χ0n) is 24.8. The summed E-state index contributed by atoms with van der Waals surface area (Å²) in [4.78, 5) is 55.9. The summed E-state index contributed by atoms with van der Waals surface area (Å²) in [5, 5.41) is 15.5. The number of hydrogen-bond donors (Lipinski definition) is 3. The highest BCUT2D eigenvalue weighted by molar-refractivity contribution is 6.36. The molecule has 0 radical (unpaired) electrons. The Kier molecular flexibility index (Phi) is 7.25. The first kappa shape index (κ1) is 30.1. The second kappa shape index (κ2) is 11.1. The molecule has 2 saturated heterocycles. The Morgan fingerprint density at radius 1 is 0.957 bits per heavy atom. The average Bonchev–Trinajstić information content (AvgIpc) is 3.46. The number of carbonyl (C=O) groups excluding carboxylic acids is 4. The molecular formula is C34H29Cl2N3O7. The van der Waals surface area contributed by atoms with E-state index in [-0.39, 0.29) is 35.2 Å². The number of rotatable bonds is 6. The van der Waals surface area contributed by atoms with Gasteiger partial charge in [-0.3, -0.25) is 29.9 Å². The molecule has 0 spiro atoms. The number of hydrazine groups is 1. The molecule has 4 aliphatic rings. The average molecular weight is 663 g/mol. The number of nitrogens with zero attached hydrogens (tertiary/aromatic N) is 1. The van der Waals surface area contributed by atoms with E-state index >= 15 is 4.79 Å². The predicted octanol–water partition coefficient (Wildman–Crippen LogP) is 4.99. The smallest absolute Gasteiger partial charge is 0.260 e. The van der Waals surface area contributed by atoms with Gasteiger partial charge in [-0.15, -0.1) is 0 Å². The van der Waals surface area contributed by atoms with Crippen LogP contribution >= 0.6 is 23.2 Å². The van der Waals surface area contributed by atoms with E-state index in [1.807, 2.05) is 6.08 Å². The van der Waals surface area contributed by atoms with Crippen molar-refractivity contribution in [1.29, 1.82) is 0 Å². The van der Waals surface area contributed by atoms with Crippen molar-refractivity contribution >= 4 is 52.5 Å². The molecule has 0 aromatic heterocycles. The molecule has 4 amide bonds. The number of aromatic hydroxyl groups is 1. The van der Waals surface area contributed by atoms with E-state index in [9.17, 15) is 19.5 Å². The first-order chi connectivity index (χ1) is 22.1. The Balaban J connectivity index is 1.51. The molecule has 3 aromatic carbocycles. The van der Waals surface area contributed by atoms with Gasteiger partial charge in [-0.05, 0) is 66.8 Å². The van der Waals surface area contributed by atoms with Crippen LogP contribution in [0.4, 0.5) is 5.69 Å². The lowest BCUT2D eigenvalue weighted by molar-refractivity contribution is -0.138. The molecule has 3 fully saturated rings. The topological polar surface area (TPSA) is 134 Å². The number of anilines is 1. The Morgan fingerprint density at radius 3 is 2.41 bits per heavy atom. The zero-order chi connectivity index (χ0) is 32.5. The molecule has 3 N–H and O–H groups in total. The Labute approximate surface area is 274 Å². The van der Waals surface area contributed by atoms with Crippen molar-refractivity contribution in [3.05, 3.63) is 93.5 Å².